The molecule has 0 N–H and O–H groups in total. The summed E-state index contributed by atoms with van der Waals surface area (Å²) in [5.41, 5.74) is 3.81. The molecule has 0 aliphatic rings. The second-order valence-electron chi connectivity index (χ2n) is 8.52. The normalized spacial score (nSPS) is 12.7. The van der Waals surface area contributed by atoms with Crippen LogP contribution in [0.5, 0.6) is 0 Å². The van der Waals surface area contributed by atoms with Crippen molar-refractivity contribution in [3.05, 3.63) is 65.0 Å². The van der Waals surface area contributed by atoms with Gasteiger partial charge in [0.2, 0.25) is 0 Å². The fraction of sp³-hybridized carbons (Fsp3) is 0.160. The van der Waals surface area contributed by atoms with Crippen molar-refractivity contribution in [2.75, 3.05) is 0 Å². The van der Waals surface area contributed by atoms with Gasteiger partial charge in [-0.2, -0.15) is 0 Å². The Morgan fingerprint density at radius 3 is 2.45 bits per heavy atom. The molecule has 6 rings (SSSR count). The van der Waals surface area contributed by atoms with Crippen LogP contribution in [-0.2, 0) is 5.41 Å². The predicted octanol–water partition coefficient (Wildman–Crippen LogP) is 8.84. The van der Waals surface area contributed by atoms with Gasteiger partial charge in [0.25, 0.3) is 0 Å². The van der Waals surface area contributed by atoms with Crippen LogP contribution in [0.25, 0.3) is 51.6 Å². The summed E-state index contributed by atoms with van der Waals surface area (Å²) in [7, 11) is 0. The Kier molecular flexibility index (Phi) is 3.71. The number of thiophene rings is 3. The molecular weight excluding hydrogens is 410 g/mol. The van der Waals surface area contributed by atoms with Gasteiger partial charge in [-0.1, -0.05) is 20.8 Å². The molecule has 0 radical (unpaired) electrons. The van der Waals surface area contributed by atoms with Gasteiger partial charge in [-0.15, -0.1) is 34.0 Å². The lowest BCUT2D eigenvalue weighted by molar-refractivity contribution is 0.597. The number of aromatic nitrogens is 1. The highest BCUT2D eigenvalue weighted by Gasteiger charge is 2.21. The third-order valence-corrected chi connectivity index (χ3v) is 8.58. The molecule has 4 heteroatoms. The molecule has 0 atom stereocenters. The van der Waals surface area contributed by atoms with Crippen molar-refractivity contribution in [1.82, 2.24) is 4.98 Å². The average Bonchev–Trinajstić information content (AvgIpc) is 3.41. The highest BCUT2D eigenvalue weighted by atomic mass is 32.1. The van der Waals surface area contributed by atoms with Gasteiger partial charge in [0.1, 0.15) is 0 Å². The maximum atomic E-state index is 4.92. The highest BCUT2D eigenvalue weighted by Crippen LogP contribution is 2.45. The first-order valence-corrected chi connectivity index (χ1v) is 12.3. The first kappa shape index (κ1) is 17.6. The molecule has 1 nitrogen and oxygen atoms in total. The van der Waals surface area contributed by atoms with Gasteiger partial charge in [-0.25, -0.2) is 0 Å². The van der Waals surface area contributed by atoms with Crippen LogP contribution < -0.4 is 0 Å². The topological polar surface area (TPSA) is 12.9 Å². The lowest BCUT2D eigenvalue weighted by Gasteiger charge is -2.21. The molecule has 6 aromatic rings. The summed E-state index contributed by atoms with van der Waals surface area (Å²) < 4.78 is 5.39. The van der Waals surface area contributed by atoms with Crippen LogP contribution in [0.3, 0.4) is 0 Å². The smallest absolute Gasteiger partial charge is 0.0795 e. The second-order valence-corrected chi connectivity index (χ2v) is 11.5. The molecule has 0 fully saturated rings. The van der Waals surface area contributed by atoms with E-state index in [-0.39, 0.29) is 5.41 Å². The Balaban J connectivity index is 1.76. The van der Waals surface area contributed by atoms with Gasteiger partial charge in [-0.3, -0.25) is 4.98 Å². The Labute approximate surface area is 181 Å². The molecule has 29 heavy (non-hydrogen) atoms. The van der Waals surface area contributed by atoms with E-state index in [0.29, 0.717) is 0 Å². The SMILES string of the molecule is CC(C)(C)c1cc(-c2nccc3sc4ccc5sccc5c4c23)cc2ccsc12. The molecular formula is C25H19NS3. The molecule has 0 spiro atoms. The van der Waals surface area contributed by atoms with E-state index in [9.17, 15) is 0 Å². The minimum atomic E-state index is 0.0876. The van der Waals surface area contributed by atoms with Gasteiger partial charge in [0.05, 0.1) is 5.69 Å². The quantitative estimate of drug-likeness (QED) is 0.254. The summed E-state index contributed by atoms with van der Waals surface area (Å²) in [6, 6.07) is 15.9. The second kappa shape index (κ2) is 6.11. The Bertz CT molecular complexity index is 1540. The van der Waals surface area contributed by atoms with E-state index in [1.165, 1.54) is 51.5 Å². The molecule has 0 aliphatic heterocycles. The van der Waals surface area contributed by atoms with Gasteiger partial charge >= 0.3 is 0 Å². The molecule has 142 valence electrons. The summed E-state index contributed by atoms with van der Waals surface area (Å²) in [6.45, 7) is 6.90. The zero-order valence-electron chi connectivity index (χ0n) is 16.4. The van der Waals surface area contributed by atoms with Crippen LogP contribution in [0.15, 0.2) is 59.4 Å². The van der Waals surface area contributed by atoms with Crippen LogP contribution in [0.2, 0.25) is 0 Å². The Morgan fingerprint density at radius 1 is 0.793 bits per heavy atom. The van der Waals surface area contributed by atoms with Crippen LogP contribution in [-0.4, -0.2) is 4.98 Å². The van der Waals surface area contributed by atoms with Gasteiger partial charge < -0.3 is 0 Å². The Morgan fingerprint density at radius 2 is 1.59 bits per heavy atom. The van der Waals surface area contributed by atoms with Crippen molar-refractivity contribution in [2.24, 2.45) is 0 Å². The minimum absolute atomic E-state index is 0.0876. The average molecular weight is 430 g/mol. The standard InChI is InChI=1S/C25H19NS3/c1-25(2,3)17-13-15(12-14-7-10-28-24(14)17)23-22-20(6-9-26-23)29-19-5-4-18-16(21(19)22)8-11-27-18/h4-13H,1-3H3. The van der Waals surface area contributed by atoms with Gasteiger partial charge in [0, 0.05) is 46.7 Å². The maximum absolute atomic E-state index is 4.92. The third-order valence-electron chi connectivity index (χ3n) is 5.61. The summed E-state index contributed by atoms with van der Waals surface area (Å²) in [6.07, 6.45) is 1.96. The molecule has 4 heterocycles. The van der Waals surface area contributed by atoms with E-state index < -0.39 is 0 Å². The zero-order valence-corrected chi connectivity index (χ0v) is 18.9. The van der Waals surface area contributed by atoms with Crippen molar-refractivity contribution >= 4 is 74.4 Å². The molecule has 0 amide bonds. The summed E-state index contributed by atoms with van der Waals surface area (Å²) in [4.78, 5) is 4.92. The molecule has 4 aromatic heterocycles. The van der Waals surface area contributed by atoms with E-state index in [2.05, 4.69) is 74.0 Å². The number of hydrogen-bond acceptors (Lipinski definition) is 4. The Hall–Kier alpha value is -2.27. The fourth-order valence-corrected chi connectivity index (χ4v) is 7.27. The molecule has 0 saturated carbocycles. The molecule has 2 aromatic carbocycles. The van der Waals surface area contributed by atoms with E-state index >= 15 is 0 Å². The summed E-state index contributed by atoms with van der Waals surface area (Å²) >= 11 is 5.52. The molecule has 0 unspecified atom stereocenters. The summed E-state index contributed by atoms with van der Waals surface area (Å²) in [5, 5.41) is 9.71. The highest BCUT2D eigenvalue weighted by molar-refractivity contribution is 7.26. The molecule has 0 bridgehead atoms. The van der Waals surface area contributed by atoms with Crippen LogP contribution in [0.1, 0.15) is 26.3 Å². The van der Waals surface area contributed by atoms with Gasteiger partial charge in [-0.05, 0) is 69.6 Å². The number of hydrogen-bond donors (Lipinski definition) is 0. The van der Waals surface area contributed by atoms with Crippen LogP contribution in [0.4, 0.5) is 0 Å². The van der Waals surface area contributed by atoms with Gasteiger partial charge in [0.15, 0.2) is 0 Å². The van der Waals surface area contributed by atoms with E-state index in [1.807, 2.05) is 40.2 Å². The first-order valence-electron chi connectivity index (χ1n) is 9.70. The van der Waals surface area contributed by atoms with Crippen molar-refractivity contribution in [1.29, 1.82) is 0 Å². The van der Waals surface area contributed by atoms with E-state index in [0.717, 1.165) is 5.69 Å². The monoisotopic (exact) mass is 429 g/mol. The number of nitrogens with zero attached hydrogens (tertiary/aromatic N) is 1. The number of fused-ring (bicyclic) bond motifs is 6. The lowest BCUT2D eigenvalue weighted by Crippen LogP contribution is -2.11. The number of benzene rings is 2. The van der Waals surface area contributed by atoms with Crippen molar-refractivity contribution in [3.8, 4) is 11.3 Å². The van der Waals surface area contributed by atoms with E-state index in [4.69, 9.17) is 4.98 Å². The van der Waals surface area contributed by atoms with Crippen molar-refractivity contribution in [2.45, 2.75) is 26.2 Å². The first-order chi connectivity index (χ1) is 14.0. The van der Waals surface area contributed by atoms with Crippen molar-refractivity contribution < 1.29 is 0 Å². The molecule has 0 aliphatic carbocycles. The van der Waals surface area contributed by atoms with Crippen LogP contribution >= 0.6 is 34.0 Å². The van der Waals surface area contributed by atoms with Crippen molar-refractivity contribution in [3.63, 3.8) is 0 Å². The number of rotatable bonds is 1. The molecule has 0 saturated heterocycles. The van der Waals surface area contributed by atoms with E-state index in [1.54, 1.807) is 0 Å². The third kappa shape index (κ3) is 2.59. The zero-order chi connectivity index (χ0) is 19.8. The summed E-state index contributed by atoms with van der Waals surface area (Å²) in [5.74, 6) is 0. The minimum Gasteiger partial charge on any atom is -0.256 e. The maximum Gasteiger partial charge on any atom is 0.0795 e. The fourth-order valence-electron chi connectivity index (χ4n) is 4.25. The largest absolute Gasteiger partial charge is 0.256 e. The number of pyridine rings is 1. The van der Waals surface area contributed by atoms with Crippen LogP contribution in [0, 0.1) is 0 Å². The predicted molar refractivity (Wildman–Crippen MR) is 132 cm³/mol. The lowest BCUT2D eigenvalue weighted by atomic mass is 9.84.